The first-order valence-corrected chi connectivity index (χ1v) is 6.67. The molecule has 1 aromatic rings. The van der Waals surface area contributed by atoms with Crippen molar-refractivity contribution in [2.45, 2.75) is 25.6 Å². The van der Waals surface area contributed by atoms with Crippen LogP contribution >= 0.6 is 11.3 Å². The normalized spacial score (nSPS) is 18.9. The molecular formula is C12H17NO3S. The molecule has 1 amide bonds. The second kappa shape index (κ2) is 5.62. The molecule has 1 N–H and O–H groups in total. The summed E-state index contributed by atoms with van der Waals surface area (Å²) >= 11 is 1.44. The Morgan fingerprint density at radius 3 is 2.94 bits per heavy atom. The Labute approximate surface area is 105 Å². The van der Waals surface area contributed by atoms with Crippen LogP contribution in [0.3, 0.4) is 0 Å². The van der Waals surface area contributed by atoms with Crippen LogP contribution in [0.25, 0.3) is 0 Å². The van der Waals surface area contributed by atoms with E-state index in [0.29, 0.717) is 13.0 Å². The Bertz CT molecular complexity index is 358. The van der Waals surface area contributed by atoms with E-state index in [1.807, 2.05) is 24.4 Å². The highest BCUT2D eigenvalue weighted by atomic mass is 32.1. The van der Waals surface area contributed by atoms with Gasteiger partial charge in [0.2, 0.25) is 0 Å². The van der Waals surface area contributed by atoms with Crippen LogP contribution in [0.15, 0.2) is 17.5 Å². The van der Waals surface area contributed by atoms with Gasteiger partial charge in [0.25, 0.3) is 5.91 Å². The highest BCUT2D eigenvalue weighted by Crippen LogP contribution is 2.21. The third kappa shape index (κ3) is 3.52. The molecule has 1 aromatic heterocycles. The molecule has 1 aliphatic heterocycles. The van der Waals surface area contributed by atoms with Gasteiger partial charge in [0.1, 0.15) is 0 Å². The van der Waals surface area contributed by atoms with Crippen LogP contribution < -0.4 is 5.32 Å². The standard InChI is InChI=1S/C12H17NO3S/c1-12(15-7-3-8-16-12)5-6-13-11(14)10-4-2-9-17-10/h2,4,9H,3,5-8H2,1H3,(H,13,14). The maximum Gasteiger partial charge on any atom is 0.261 e. The summed E-state index contributed by atoms with van der Waals surface area (Å²) in [6.07, 6.45) is 1.61. The van der Waals surface area contributed by atoms with Gasteiger partial charge in [0, 0.05) is 13.0 Å². The zero-order chi connectivity index (χ0) is 12.1. The summed E-state index contributed by atoms with van der Waals surface area (Å²) in [6.45, 7) is 3.95. The molecule has 2 heterocycles. The molecule has 1 fully saturated rings. The van der Waals surface area contributed by atoms with Crippen LogP contribution in [-0.4, -0.2) is 31.5 Å². The quantitative estimate of drug-likeness (QED) is 0.895. The van der Waals surface area contributed by atoms with E-state index >= 15 is 0 Å². The van der Waals surface area contributed by atoms with E-state index in [2.05, 4.69) is 5.32 Å². The van der Waals surface area contributed by atoms with E-state index in [1.165, 1.54) is 11.3 Å². The fourth-order valence-electron chi connectivity index (χ4n) is 1.72. The van der Waals surface area contributed by atoms with Crippen molar-refractivity contribution in [3.63, 3.8) is 0 Å². The van der Waals surface area contributed by atoms with Crippen molar-refractivity contribution in [1.29, 1.82) is 0 Å². The number of thiophene rings is 1. The van der Waals surface area contributed by atoms with Crippen LogP contribution in [0, 0.1) is 0 Å². The Morgan fingerprint density at radius 2 is 2.29 bits per heavy atom. The van der Waals surface area contributed by atoms with E-state index in [4.69, 9.17) is 9.47 Å². The number of nitrogens with one attached hydrogen (secondary N) is 1. The molecule has 0 aromatic carbocycles. The first-order valence-electron chi connectivity index (χ1n) is 5.79. The maximum atomic E-state index is 11.7. The molecule has 2 rings (SSSR count). The number of hydrogen-bond acceptors (Lipinski definition) is 4. The van der Waals surface area contributed by atoms with E-state index in [1.54, 1.807) is 0 Å². The molecular weight excluding hydrogens is 238 g/mol. The molecule has 0 spiro atoms. The van der Waals surface area contributed by atoms with Crippen LogP contribution in [-0.2, 0) is 9.47 Å². The van der Waals surface area contributed by atoms with E-state index in [9.17, 15) is 4.79 Å². The largest absolute Gasteiger partial charge is 0.351 e. The molecule has 0 radical (unpaired) electrons. The SMILES string of the molecule is CC1(CCNC(=O)c2cccs2)OCCCO1. The lowest BCUT2D eigenvalue weighted by atomic mass is 10.2. The minimum Gasteiger partial charge on any atom is -0.351 e. The van der Waals surface area contributed by atoms with Gasteiger partial charge in [-0.2, -0.15) is 0 Å². The summed E-state index contributed by atoms with van der Waals surface area (Å²) in [5.74, 6) is -0.569. The second-order valence-corrected chi connectivity index (χ2v) is 5.12. The van der Waals surface area contributed by atoms with Crippen molar-refractivity contribution in [2.24, 2.45) is 0 Å². The Morgan fingerprint density at radius 1 is 1.53 bits per heavy atom. The first-order chi connectivity index (χ1) is 8.20. The topological polar surface area (TPSA) is 47.6 Å². The van der Waals surface area contributed by atoms with Gasteiger partial charge >= 0.3 is 0 Å². The minimum absolute atomic E-state index is 0.0283. The fraction of sp³-hybridized carbons (Fsp3) is 0.583. The second-order valence-electron chi connectivity index (χ2n) is 4.17. The molecule has 0 atom stereocenters. The number of hydrogen-bond donors (Lipinski definition) is 1. The summed E-state index contributed by atoms with van der Waals surface area (Å²) in [6, 6.07) is 3.68. The Kier molecular flexibility index (Phi) is 4.15. The predicted octanol–water partition coefficient (Wildman–Crippen LogP) is 2.02. The number of ether oxygens (including phenoxy) is 2. The first kappa shape index (κ1) is 12.5. The van der Waals surface area contributed by atoms with Gasteiger partial charge in [-0.15, -0.1) is 11.3 Å². The van der Waals surface area contributed by atoms with Gasteiger partial charge in [0.15, 0.2) is 5.79 Å². The zero-order valence-corrected chi connectivity index (χ0v) is 10.7. The van der Waals surface area contributed by atoms with Crippen molar-refractivity contribution in [2.75, 3.05) is 19.8 Å². The highest BCUT2D eigenvalue weighted by molar-refractivity contribution is 7.12. The molecule has 0 unspecified atom stereocenters. The monoisotopic (exact) mass is 255 g/mol. The minimum atomic E-state index is -0.541. The summed E-state index contributed by atoms with van der Waals surface area (Å²) in [4.78, 5) is 12.4. The summed E-state index contributed by atoms with van der Waals surface area (Å²) in [5, 5.41) is 4.76. The molecule has 0 aliphatic carbocycles. The van der Waals surface area contributed by atoms with E-state index < -0.39 is 5.79 Å². The average Bonchev–Trinajstić information content (AvgIpc) is 2.83. The third-order valence-electron chi connectivity index (χ3n) is 2.71. The predicted molar refractivity (Wildman–Crippen MR) is 66.2 cm³/mol. The summed E-state index contributed by atoms with van der Waals surface area (Å²) in [7, 11) is 0. The average molecular weight is 255 g/mol. The van der Waals surface area contributed by atoms with Gasteiger partial charge in [-0.1, -0.05) is 6.07 Å². The van der Waals surface area contributed by atoms with Gasteiger partial charge in [-0.05, 0) is 24.8 Å². The number of amides is 1. The van der Waals surface area contributed by atoms with Gasteiger partial charge < -0.3 is 14.8 Å². The molecule has 5 heteroatoms. The molecule has 17 heavy (non-hydrogen) atoms. The van der Waals surface area contributed by atoms with Crippen LogP contribution in [0.2, 0.25) is 0 Å². The molecule has 1 aliphatic rings. The maximum absolute atomic E-state index is 11.7. The Balaban J connectivity index is 1.74. The molecule has 0 bridgehead atoms. The van der Waals surface area contributed by atoms with E-state index in [-0.39, 0.29) is 5.91 Å². The summed E-state index contributed by atoms with van der Waals surface area (Å²) < 4.78 is 11.1. The van der Waals surface area contributed by atoms with Crippen molar-refractivity contribution < 1.29 is 14.3 Å². The van der Waals surface area contributed by atoms with Gasteiger partial charge in [0.05, 0.1) is 18.1 Å². The van der Waals surface area contributed by atoms with Crippen LogP contribution in [0.5, 0.6) is 0 Å². The van der Waals surface area contributed by atoms with Crippen molar-refractivity contribution in [3.05, 3.63) is 22.4 Å². The van der Waals surface area contributed by atoms with Crippen LogP contribution in [0.1, 0.15) is 29.4 Å². The number of carbonyl (C=O) groups excluding carboxylic acids is 1. The molecule has 1 saturated heterocycles. The molecule has 0 saturated carbocycles. The van der Waals surface area contributed by atoms with Crippen molar-refractivity contribution in [1.82, 2.24) is 5.32 Å². The smallest absolute Gasteiger partial charge is 0.261 e. The molecule has 94 valence electrons. The lowest BCUT2D eigenvalue weighted by molar-refractivity contribution is -0.257. The van der Waals surface area contributed by atoms with Gasteiger partial charge in [-0.3, -0.25) is 4.79 Å². The lowest BCUT2D eigenvalue weighted by Gasteiger charge is -2.33. The lowest BCUT2D eigenvalue weighted by Crippen LogP contribution is -2.40. The summed E-state index contributed by atoms with van der Waals surface area (Å²) in [5.41, 5.74) is 0. The number of rotatable bonds is 4. The molecule has 4 nitrogen and oxygen atoms in total. The highest BCUT2D eigenvalue weighted by Gasteiger charge is 2.28. The zero-order valence-electron chi connectivity index (χ0n) is 9.90. The van der Waals surface area contributed by atoms with Crippen molar-refractivity contribution >= 4 is 17.2 Å². The number of carbonyl (C=O) groups is 1. The Hall–Kier alpha value is -0.910. The van der Waals surface area contributed by atoms with Gasteiger partial charge in [-0.25, -0.2) is 0 Å². The van der Waals surface area contributed by atoms with Crippen LogP contribution in [0.4, 0.5) is 0 Å². The van der Waals surface area contributed by atoms with Crippen molar-refractivity contribution in [3.8, 4) is 0 Å². The third-order valence-corrected chi connectivity index (χ3v) is 3.58. The fourth-order valence-corrected chi connectivity index (χ4v) is 2.36. The van der Waals surface area contributed by atoms with E-state index in [0.717, 1.165) is 24.5 Å².